The van der Waals surface area contributed by atoms with Crippen LogP contribution >= 0.6 is 12.2 Å². The molecule has 10 nitrogen and oxygen atoms in total. The molecule has 0 atom stereocenters. The van der Waals surface area contributed by atoms with Crippen LogP contribution in [0.25, 0.3) is 20.9 Å². The Kier molecular flexibility index (Phi) is 19.9. The Balaban J connectivity index is -0.000000200. The van der Waals surface area contributed by atoms with Gasteiger partial charge in [-0.05, 0) is 23.3 Å². The first-order valence-electron chi connectivity index (χ1n) is 2.81. The van der Waals surface area contributed by atoms with Gasteiger partial charge in [0.2, 0.25) is 0 Å². The smallest absolute Gasteiger partial charge is 0.321 e. The Hall–Kier alpha value is -1.15. The van der Waals surface area contributed by atoms with Crippen molar-refractivity contribution >= 4 is 49.0 Å². The van der Waals surface area contributed by atoms with E-state index in [-0.39, 0.29) is 0 Å². The SMILES string of the molecule is OC=S.[N-]=[N+]=NS(=O)(=O)N=[N+]=[N-].[SiH3]O[SiH3]. The van der Waals surface area contributed by atoms with Crippen LogP contribution in [0.15, 0.2) is 9.04 Å². The molecule has 0 fully saturated rings. The Morgan fingerprint density at radius 3 is 1.67 bits per heavy atom. The second-order valence-electron chi connectivity index (χ2n) is 1.30. The van der Waals surface area contributed by atoms with E-state index in [1.165, 1.54) is 0 Å². The van der Waals surface area contributed by atoms with Crippen molar-refractivity contribution in [2.75, 3.05) is 0 Å². The summed E-state index contributed by atoms with van der Waals surface area (Å²) in [4.78, 5) is 3.80. The molecule has 0 saturated heterocycles. The fraction of sp³-hybridized carbons (Fsp3) is 0. The summed E-state index contributed by atoms with van der Waals surface area (Å²) >= 11 is 3.82. The molecule has 0 bridgehead atoms. The van der Waals surface area contributed by atoms with E-state index in [0.717, 1.165) is 21.0 Å². The zero-order chi connectivity index (χ0) is 12.7. The Labute approximate surface area is 96.8 Å². The second-order valence-corrected chi connectivity index (χ2v) is 6.00. The van der Waals surface area contributed by atoms with E-state index in [1.54, 1.807) is 0 Å². The predicted octanol–water partition coefficient (Wildman–Crippen LogP) is -1.08. The average molecular weight is 288 g/mol. The lowest BCUT2D eigenvalue weighted by Gasteiger charge is -1.73. The molecule has 0 radical (unpaired) electrons. The van der Waals surface area contributed by atoms with Gasteiger partial charge in [-0.1, -0.05) is 0 Å². The molecule has 0 aromatic carbocycles. The summed E-state index contributed by atoms with van der Waals surface area (Å²) < 4.78 is 28.9. The van der Waals surface area contributed by atoms with Crippen molar-refractivity contribution < 1.29 is 17.6 Å². The van der Waals surface area contributed by atoms with Gasteiger partial charge < -0.3 is 9.22 Å². The van der Waals surface area contributed by atoms with Gasteiger partial charge in [0.15, 0.2) is 0 Å². The number of aliphatic hydroxyl groups is 1. The van der Waals surface area contributed by atoms with Gasteiger partial charge in [0.25, 0.3) is 0 Å². The van der Waals surface area contributed by atoms with Gasteiger partial charge >= 0.3 is 10.2 Å². The number of azide groups is 1. The first-order valence-corrected chi connectivity index (χ1v) is 6.31. The molecule has 15 heavy (non-hydrogen) atoms. The van der Waals surface area contributed by atoms with Crippen LogP contribution in [0.4, 0.5) is 0 Å². The number of hydrogen-bond acceptors (Lipinski definition) is 4. The maximum atomic E-state index is 9.99. The van der Waals surface area contributed by atoms with E-state index in [9.17, 15) is 8.42 Å². The summed E-state index contributed by atoms with van der Waals surface area (Å²) in [5, 5.41) is 7.26. The van der Waals surface area contributed by atoms with Crippen molar-refractivity contribution in [3.63, 3.8) is 0 Å². The van der Waals surface area contributed by atoms with Crippen molar-refractivity contribution in [1.82, 2.24) is 0 Å². The van der Waals surface area contributed by atoms with Crippen LogP contribution in [0.2, 0.25) is 0 Å². The fourth-order valence-corrected chi connectivity index (χ4v) is 0.326. The lowest BCUT2D eigenvalue weighted by molar-refractivity contribution is 0.593. The summed E-state index contributed by atoms with van der Waals surface area (Å²) in [5.74, 6) is 0. The van der Waals surface area contributed by atoms with E-state index in [1.807, 2.05) is 9.82 Å². The zero-order valence-electron chi connectivity index (χ0n) is 7.75. The molecule has 0 amide bonds. The van der Waals surface area contributed by atoms with Gasteiger partial charge in [0.1, 0.15) is 26.5 Å². The van der Waals surface area contributed by atoms with Crippen LogP contribution in [0.3, 0.4) is 0 Å². The quantitative estimate of drug-likeness (QED) is 0.224. The Bertz CT molecular complexity index is 318. The molecule has 14 heteroatoms. The van der Waals surface area contributed by atoms with Crippen molar-refractivity contribution in [3.05, 3.63) is 20.9 Å². The van der Waals surface area contributed by atoms with Crippen LogP contribution < -0.4 is 0 Å². The molecular formula is CH8N6O4S2Si2. The topological polar surface area (TPSA) is 161 Å². The third-order valence-electron chi connectivity index (χ3n) is 0.279. The number of thiocarbonyl (C=S) groups is 1. The van der Waals surface area contributed by atoms with Crippen molar-refractivity contribution in [3.8, 4) is 0 Å². The van der Waals surface area contributed by atoms with Crippen LogP contribution in [0.5, 0.6) is 0 Å². The maximum Gasteiger partial charge on any atom is 0.321 e. The third kappa shape index (κ3) is 32.2. The summed E-state index contributed by atoms with van der Waals surface area (Å²) in [5.41, 5.74) is 15.6. The van der Waals surface area contributed by atoms with Gasteiger partial charge in [-0.25, -0.2) is 8.42 Å². The minimum Gasteiger partial charge on any atom is -0.504 e. The molecule has 0 aromatic rings. The highest BCUT2D eigenvalue weighted by Gasteiger charge is 1.99. The zero-order valence-corrected chi connectivity index (χ0v) is 13.4. The highest BCUT2D eigenvalue weighted by atomic mass is 32.2. The minimum atomic E-state index is -4.27. The highest BCUT2D eigenvalue weighted by Crippen LogP contribution is 1.92. The first kappa shape index (κ1) is 19.4. The Morgan fingerprint density at radius 1 is 1.33 bits per heavy atom. The maximum absolute atomic E-state index is 9.99. The minimum absolute atomic E-state index is 0.583. The van der Waals surface area contributed by atoms with Crippen molar-refractivity contribution in [1.29, 1.82) is 0 Å². The molecule has 0 spiro atoms. The van der Waals surface area contributed by atoms with Crippen molar-refractivity contribution in [2.24, 2.45) is 9.04 Å². The molecule has 0 aliphatic rings. The monoisotopic (exact) mass is 288 g/mol. The molecule has 0 aliphatic heterocycles. The second kappa shape index (κ2) is 15.3. The Morgan fingerprint density at radius 2 is 1.53 bits per heavy atom. The third-order valence-corrected chi connectivity index (χ3v) is 0.838. The molecular weight excluding hydrogens is 280 g/mol. The molecule has 0 aliphatic carbocycles. The van der Waals surface area contributed by atoms with E-state index in [2.05, 4.69) is 25.4 Å². The molecule has 0 unspecified atom stereocenters. The molecule has 86 valence electrons. The van der Waals surface area contributed by atoms with Gasteiger partial charge in [-0.3, -0.25) is 0 Å². The average Bonchev–Trinajstić information content (AvgIpc) is 2.06. The van der Waals surface area contributed by atoms with Gasteiger partial charge in [-0.2, -0.15) is 0 Å². The van der Waals surface area contributed by atoms with E-state index in [0.29, 0.717) is 5.55 Å². The van der Waals surface area contributed by atoms with Crippen molar-refractivity contribution in [2.45, 2.75) is 0 Å². The standard InChI is InChI=1S/CH2OS.N6O2S.H6OSi2/c2-1-3;1-3-5-9(7,8)6-4-2;2-1-3/h1H,(H,2,3);;2-3H3. The van der Waals surface area contributed by atoms with Gasteiger partial charge in [0.05, 0.1) is 0 Å². The number of aliphatic hydroxyl groups excluding tert-OH is 1. The summed E-state index contributed by atoms with van der Waals surface area (Å²) in [6.45, 7) is 0. The highest BCUT2D eigenvalue weighted by molar-refractivity contribution is 7.88. The normalized spacial score (nSPS) is 7.73. The number of nitrogens with zero attached hydrogens (tertiary/aromatic N) is 6. The van der Waals surface area contributed by atoms with Crippen LogP contribution in [0.1, 0.15) is 0 Å². The largest absolute Gasteiger partial charge is 0.504 e. The lowest BCUT2D eigenvalue weighted by Crippen LogP contribution is -1.82. The molecule has 1 N–H and O–H groups in total. The fourth-order valence-electron chi connectivity index (χ4n) is 0.109. The lowest BCUT2D eigenvalue weighted by atomic mass is 11.8. The van der Waals surface area contributed by atoms with E-state index >= 15 is 0 Å². The predicted molar refractivity (Wildman–Crippen MR) is 64.5 cm³/mol. The van der Waals surface area contributed by atoms with E-state index < -0.39 is 10.2 Å². The van der Waals surface area contributed by atoms with E-state index in [4.69, 9.17) is 16.2 Å². The van der Waals surface area contributed by atoms with Crippen LogP contribution in [-0.2, 0) is 14.3 Å². The van der Waals surface area contributed by atoms with Crippen LogP contribution in [0, 0.1) is 0 Å². The summed E-state index contributed by atoms with van der Waals surface area (Å²) in [6, 6.07) is 0. The molecule has 0 saturated carbocycles. The number of hydrogen-bond donors (Lipinski definition) is 1. The van der Waals surface area contributed by atoms with Crippen LogP contribution in [-0.4, -0.2) is 40.0 Å². The first-order chi connectivity index (χ1) is 6.95. The summed E-state index contributed by atoms with van der Waals surface area (Å²) in [7, 11) is -2.40. The molecule has 0 rings (SSSR count). The number of rotatable bonds is 2. The molecule has 0 aromatic heterocycles. The van der Waals surface area contributed by atoms with Gasteiger partial charge in [-0.15, -0.1) is 0 Å². The summed E-state index contributed by atoms with van der Waals surface area (Å²) in [6.07, 6.45) is 0. The molecule has 0 heterocycles. The van der Waals surface area contributed by atoms with Gasteiger partial charge in [0, 0.05) is 18.9 Å².